The van der Waals surface area contributed by atoms with Gasteiger partial charge in [0, 0.05) is 44.5 Å². The first-order valence-corrected chi connectivity index (χ1v) is 10.0. The van der Waals surface area contributed by atoms with E-state index in [1.807, 2.05) is 44.6 Å². The summed E-state index contributed by atoms with van der Waals surface area (Å²) >= 11 is 0. The van der Waals surface area contributed by atoms with E-state index in [0.717, 1.165) is 23.5 Å². The molecule has 2 rings (SSSR count). The summed E-state index contributed by atoms with van der Waals surface area (Å²) in [6.45, 7) is 10.1. The van der Waals surface area contributed by atoms with E-state index < -0.39 is 10.0 Å². The van der Waals surface area contributed by atoms with Gasteiger partial charge in [-0.2, -0.15) is 9.40 Å². The normalized spacial score (nSPS) is 12.1. The van der Waals surface area contributed by atoms with E-state index in [0.29, 0.717) is 24.5 Å². The number of benzene rings is 1. The first-order chi connectivity index (χ1) is 11.8. The second-order valence-corrected chi connectivity index (χ2v) is 8.05. The summed E-state index contributed by atoms with van der Waals surface area (Å²) in [6, 6.07) is 7.11. The monoisotopic (exact) mass is 364 g/mol. The van der Waals surface area contributed by atoms with Crippen LogP contribution in [0.4, 0.5) is 0 Å². The van der Waals surface area contributed by atoms with E-state index in [4.69, 9.17) is 0 Å². The molecule has 0 fully saturated rings. The van der Waals surface area contributed by atoms with E-state index in [1.165, 1.54) is 9.87 Å². The molecule has 0 radical (unpaired) electrons. The van der Waals surface area contributed by atoms with Gasteiger partial charge in [0.2, 0.25) is 10.0 Å². The zero-order valence-corrected chi connectivity index (χ0v) is 16.5. The predicted molar refractivity (Wildman–Crippen MR) is 99.8 cm³/mol. The molecule has 1 N–H and O–H groups in total. The van der Waals surface area contributed by atoms with Gasteiger partial charge < -0.3 is 5.32 Å². The topological polar surface area (TPSA) is 67.2 Å². The van der Waals surface area contributed by atoms with Crippen LogP contribution in [0.5, 0.6) is 0 Å². The number of nitrogens with zero attached hydrogens (tertiary/aromatic N) is 3. The molecule has 1 aromatic heterocycles. The molecule has 0 saturated heterocycles. The van der Waals surface area contributed by atoms with E-state index in [9.17, 15) is 8.42 Å². The highest BCUT2D eigenvalue weighted by Gasteiger charge is 2.21. The molecule has 0 amide bonds. The van der Waals surface area contributed by atoms with Gasteiger partial charge in [-0.25, -0.2) is 8.42 Å². The Morgan fingerprint density at radius 3 is 2.16 bits per heavy atom. The molecule has 0 bridgehead atoms. The third-order valence-corrected chi connectivity index (χ3v) is 6.62. The number of aryl methyl sites for hydroxylation is 2. The van der Waals surface area contributed by atoms with Gasteiger partial charge in [-0.05, 0) is 31.5 Å². The Balaban J connectivity index is 2.01. The van der Waals surface area contributed by atoms with Crippen LogP contribution in [-0.2, 0) is 30.2 Å². The van der Waals surface area contributed by atoms with Crippen molar-refractivity contribution in [2.24, 2.45) is 7.05 Å². The van der Waals surface area contributed by atoms with Crippen LogP contribution in [-0.4, -0.2) is 35.6 Å². The number of hydrogen-bond acceptors (Lipinski definition) is 4. The zero-order valence-electron chi connectivity index (χ0n) is 15.7. The zero-order chi connectivity index (χ0) is 18.6. The molecule has 7 heteroatoms. The van der Waals surface area contributed by atoms with Gasteiger partial charge in [0.15, 0.2) is 0 Å². The van der Waals surface area contributed by atoms with E-state index >= 15 is 0 Å². The lowest BCUT2D eigenvalue weighted by atomic mass is 10.2. The first kappa shape index (κ1) is 19.6. The number of hydrogen-bond donors (Lipinski definition) is 1. The predicted octanol–water partition coefficient (Wildman–Crippen LogP) is 2.36. The van der Waals surface area contributed by atoms with Crippen molar-refractivity contribution >= 4 is 10.0 Å². The fourth-order valence-electron chi connectivity index (χ4n) is 2.90. The van der Waals surface area contributed by atoms with Gasteiger partial charge in [0.1, 0.15) is 0 Å². The molecule has 0 unspecified atom stereocenters. The fraction of sp³-hybridized carbons (Fsp3) is 0.500. The Hall–Kier alpha value is -1.70. The maximum atomic E-state index is 12.5. The molecule has 0 aliphatic carbocycles. The second kappa shape index (κ2) is 8.12. The molecule has 25 heavy (non-hydrogen) atoms. The molecule has 138 valence electrons. The summed E-state index contributed by atoms with van der Waals surface area (Å²) in [5.74, 6) is 0. The third-order valence-electron chi connectivity index (χ3n) is 4.56. The van der Waals surface area contributed by atoms with Crippen molar-refractivity contribution in [3.05, 3.63) is 46.8 Å². The minimum Gasteiger partial charge on any atom is -0.308 e. The highest BCUT2D eigenvalue weighted by molar-refractivity contribution is 7.89. The molecule has 1 aromatic carbocycles. The van der Waals surface area contributed by atoms with Crippen LogP contribution in [0.25, 0.3) is 0 Å². The van der Waals surface area contributed by atoms with Crippen LogP contribution in [0.1, 0.15) is 36.4 Å². The molecule has 0 spiro atoms. The van der Waals surface area contributed by atoms with Crippen molar-refractivity contribution in [2.45, 2.75) is 45.7 Å². The summed E-state index contributed by atoms with van der Waals surface area (Å²) in [5.41, 5.74) is 4.46. The fourth-order valence-corrected chi connectivity index (χ4v) is 4.36. The summed E-state index contributed by atoms with van der Waals surface area (Å²) in [7, 11) is -1.44. The third kappa shape index (κ3) is 4.29. The van der Waals surface area contributed by atoms with Crippen molar-refractivity contribution in [1.29, 1.82) is 0 Å². The van der Waals surface area contributed by atoms with Crippen LogP contribution < -0.4 is 5.32 Å². The molecule has 6 nitrogen and oxygen atoms in total. The lowest BCUT2D eigenvalue weighted by Crippen LogP contribution is -2.30. The van der Waals surface area contributed by atoms with Gasteiger partial charge in [-0.15, -0.1) is 0 Å². The molecular formula is C18H28N4O2S. The minimum absolute atomic E-state index is 0.346. The standard InChI is InChI=1S/C18H28N4O2S/c1-6-22(7-2)25(23,24)17-10-8-16(9-11-17)12-19-13-18-14(3)20-21(5)15(18)4/h8-11,19H,6-7,12-13H2,1-5H3. The smallest absolute Gasteiger partial charge is 0.243 e. The van der Waals surface area contributed by atoms with E-state index in [2.05, 4.69) is 17.3 Å². The Kier molecular flexibility index (Phi) is 6.37. The molecular weight excluding hydrogens is 336 g/mol. The van der Waals surface area contributed by atoms with Crippen LogP contribution in [0.2, 0.25) is 0 Å². The average molecular weight is 365 g/mol. The highest BCUT2D eigenvalue weighted by Crippen LogP contribution is 2.16. The Morgan fingerprint density at radius 2 is 1.68 bits per heavy atom. The number of sulfonamides is 1. The van der Waals surface area contributed by atoms with Gasteiger partial charge in [0.05, 0.1) is 10.6 Å². The van der Waals surface area contributed by atoms with Crippen LogP contribution in [0.3, 0.4) is 0 Å². The minimum atomic E-state index is -3.39. The van der Waals surface area contributed by atoms with Crippen molar-refractivity contribution in [3.8, 4) is 0 Å². The summed E-state index contributed by atoms with van der Waals surface area (Å²) in [6.07, 6.45) is 0. The van der Waals surface area contributed by atoms with Gasteiger partial charge in [-0.3, -0.25) is 4.68 Å². The van der Waals surface area contributed by atoms with Crippen LogP contribution in [0, 0.1) is 13.8 Å². The number of aromatic nitrogens is 2. The maximum absolute atomic E-state index is 12.5. The average Bonchev–Trinajstić information content (AvgIpc) is 2.82. The molecule has 0 saturated carbocycles. The Labute approximate surface area is 150 Å². The van der Waals surface area contributed by atoms with E-state index in [-0.39, 0.29) is 0 Å². The number of rotatable bonds is 8. The lowest BCUT2D eigenvalue weighted by molar-refractivity contribution is 0.445. The Morgan fingerprint density at radius 1 is 1.08 bits per heavy atom. The lowest BCUT2D eigenvalue weighted by Gasteiger charge is -2.18. The summed E-state index contributed by atoms with van der Waals surface area (Å²) in [5, 5.41) is 7.82. The van der Waals surface area contributed by atoms with E-state index in [1.54, 1.807) is 12.1 Å². The van der Waals surface area contributed by atoms with Crippen molar-refractivity contribution < 1.29 is 8.42 Å². The van der Waals surface area contributed by atoms with Gasteiger partial charge in [-0.1, -0.05) is 26.0 Å². The van der Waals surface area contributed by atoms with Gasteiger partial charge in [0.25, 0.3) is 0 Å². The largest absolute Gasteiger partial charge is 0.308 e. The molecule has 0 atom stereocenters. The summed E-state index contributed by atoms with van der Waals surface area (Å²) in [4.78, 5) is 0.346. The molecule has 0 aliphatic rings. The van der Waals surface area contributed by atoms with Gasteiger partial charge >= 0.3 is 0 Å². The van der Waals surface area contributed by atoms with Crippen molar-refractivity contribution in [1.82, 2.24) is 19.4 Å². The molecule has 1 heterocycles. The quantitative estimate of drug-likeness (QED) is 0.781. The van der Waals surface area contributed by atoms with Crippen LogP contribution >= 0.6 is 0 Å². The van der Waals surface area contributed by atoms with Crippen LogP contribution in [0.15, 0.2) is 29.2 Å². The first-order valence-electron chi connectivity index (χ1n) is 8.60. The highest BCUT2D eigenvalue weighted by atomic mass is 32.2. The second-order valence-electron chi connectivity index (χ2n) is 6.11. The molecule has 0 aliphatic heterocycles. The molecule has 2 aromatic rings. The number of nitrogens with one attached hydrogen (secondary N) is 1. The summed E-state index contributed by atoms with van der Waals surface area (Å²) < 4.78 is 28.3. The SMILES string of the molecule is CCN(CC)S(=O)(=O)c1ccc(CNCc2c(C)nn(C)c2C)cc1. The van der Waals surface area contributed by atoms with Crippen molar-refractivity contribution in [3.63, 3.8) is 0 Å². The maximum Gasteiger partial charge on any atom is 0.243 e. The van der Waals surface area contributed by atoms with Crippen molar-refractivity contribution in [2.75, 3.05) is 13.1 Å². The Bertz CT molecular complexity index is 806.